The van der Waals surface area contributed by atoms with Crippen LogP contribution in [0.3, 0.4) is 0 Å². The van der Waals surface area contributed by atoms with Gasteiger partial charge in [0.2, 0.25) is 0 Å². The highest BCUT2D eigenvalue weighted by Crippen LogP contribution is 2.34. The number of benzene rings is 1. The summed E-state index contributed by atoms with van der Waals surface area (Å²) in [4.78, 5) is 20.1. The number of thiazole rings is 1. The summed E-state index contributed by atoms with van der Waals surface area (Å²) in [5.41, 5.74) is 1.06. The van der Waals surface area contributed by atoms with Gasteiger partial charge in [-0.25, -0.2) is 4.98 Å². The molecular weight excluding hydrogens is 348 g/mol. The summed E-state index contributed by atoms with van der Waals surface area (Å²) in [6.45, 7) is 1.56. The number of halogens is 1. The number of nitrogens with zero attached hydrogens (tertiary/aromatic N) is 2. The van der Waals surface area contributed by atoms with E-state index in [1.54, 1.807) is 17.4 Å². The molecule has 118 valence electrons. The maximum atomic E-state index is 12.6. The standard InChI is InChI=1S/C17H15ClN2OS2/c18-15-8-7-14(22-15)17(21)20-9-3-4-11(10-20)16-19-12-5-1-2-6-13(12)23-16/h1-2,5-8,11H,3-4,9-10H2/t11-/m1/s1. The topological polar surface area (TPSA) is 33.2 Å². The third-order valence-corrected chi connectivity index (χ3v) is 6.57. The first-order chi connectivity index (χ1) is 11.2. The summed E-state index contributed by atoms with van der Waals surface area (Å²) in [5, 5.41) is 1.15. The van der Waals surface area contributed by atoms with E-state index in [1.807, 2.05) is 23.1 Å². The van der Waals surface area contributed by atoms with Crippen molar-refractivity contribution < 1.29 is 4.79 Å². The molecule has 3 nitrogen and oxygen atoms in total. The van der Waals surface area contributed by atoms with Gasteiger partial charge in [-0.2, -0.15) is 0 Å². The number of hydrogen-bond acceptors (Lipinski definition) is 4. The van der Waals surface area contributed by atoms with Gasteiger partial charge in [0.1, 0.15) is 0 Å². The van der Waals surface area contributed by atoms with Gasteiger partial charge in [-0.05, 0) is 37.1 Å². The zero-order valence-corrected chi connectivity index (χ0v) is 14.8. The molecule has 23 heavy (non-hydrogen) atoms. The fourth-order valence-electron chi connectivity index (χ4n) is 3.01. The van der Waals surface area contributed by atoms with Crippen molar-refractivity contribution in [2.24, 2.45) is 0 Å². The van der Waals surface area contributed by atoms with E-state index in [-0.39, 0.29) is 5.91 Å². The second kappa shape index (κ2) is 6.23. The molecule has 1 saturated heterocycles. The van der Waals surface area contributed by atoms with Crippen molar-refractivity contribution in [3.63, 3.8) is 0 Å². The van der Waals surface area contributed by atoms with Crippen molar-refractivity contribution in [2.45, 2.75) is 18.8 Å². The van der Waals surface area contributed by atoms with Crippen LogP contribution >= 0.6 is 34.3 Å². The lowest BCUT2D eigenvalue weighted by Crippen LogP contribution is -2.38. The molecule has 1 aliphatic rings. The van der Waals surface area contributed by atoms with Gasteiger partial charge in [0, 0.05) is 19.0 Å². The Kier molecular flexibility index (Phi) is 4.09. The number of fused-ring (bicyclic) bond motifs is 1. The Bertz CT molecular complexity index is 824. The molecule has 0 radical (unpaired) electrons. The summed E-state index contributed by atoms with van der Waals surface area (Å²) in [5.74, 6) is 0.424. The number of hydrogen-bond donors (Lipinski definition) is 0. The van der Waals surface area contributed by atoms with E-state index in [1.165, 1.54) is 16.0 Å². The molecule has 4 rings (SSSR count). The Hall–Kier alpha value is -1.43. The lowest BCUT2D eigenvalue weighted by Gasteiger charge is -2.31. The number of amides is 1. The minimum Gasteiger partial charge on any atom is -0.337 e. The van der Waals surface area contributed by atoms with E-state index in [9.17, 15) is 4.79 Å². The highest BCUT2D eigenvalue weighted by Gasteiger charge is 2.28. The smallest absolute Gasteiger partial charge is 0.263 e. The largest absolute Gasteiger partial charge is 0.337 e. The molecular formula is C17H15ClN2OS2. The molecule has 1 fully saturated rings. The maximum absolute atomic E-state index is 12.6. The first-order valence-corrected chi connectivity index (χ1v) is 9.62. The SMILES string of the molecule is O=C(c1ccc(Cl)s1)N1CCC[C@@H](c2nc3ccccc3s2)C1. The van der Waals surface area contributed by atoms with Crippen LogP contribution in [0.15, 0.2) is 36.4 Å². The van der Waals surface area contributed by atoms with Crippen LogP contribution in [0, 0.1) is 0 Å². The molecule has 0 bridgehead atoms. The summed E-state index contributed by atoms with van der Waals surface area (Å²) < 4.78 is 1.88. The molecule has 1 amide bonds. The normalized spacial score (nSPS) is 18.5. The average molecular weight is 363 g/mol. The van der Waals surface area contributed by atoms with E-state index in [4.69, 9.17) is 16.6 Å². The molecule has 0 spiro atoms. The van der Waals surface area contributed by atoms with Gasteiger partial charge in [0.15, 0.2) is 0 Å². The summed E-state index contributed by atoms with van der Waals surface area (Å²) >= 11 is 9.05. The fraction of sp³-hybridized carbons (Fsp3) is 0.294. The molecule has 1 atom stereocenters. The molecule has 2 aromatic heterocycles. The van der Waals surface area contributed by atoms with E-state index >= 15 is 0 Å². The molecule has 3 heterocycles. The lowest BCUT2D eigenvalue weighted by molar-refractivity contribution is 0.0712. The molecule has 1 aromatic carbocycles. The molecule has 1 aliphatic heterocycles. The van der Waals surface area contributed by atoms with Gasteiger partial charge in [-0.3, -0.25) is 4.79 Å². The Morgan fingerprint density at radius 2 is 2.09 bits per heavy atom. The molecule has 0 aliphatic carbocycles. The Balaban J connectivity index is 1.55. The van der Waals surface area contributed by atoms with Gasteiger partial charge in [-0.1, -0.05) is 23.7 Å². The number of piperidine rings is 1. The first-order valence-electron chi connectivity index (χ1n) is 7.61. The van der Waals surface area contributed by atoms with E-state index in [0.29, 0.717) is 10.3 Å². The van der Waals surface area contributed by atoms with Gasteiger partial charge in [0.25, 0.3) is 5.91 Å². The highest BCUT2D eigenvalue weighted by atomic mass is 35.5. The number of likely N-dealkylation sites (tertiary alicyclic amines) is 1. The number of para-hydroxylation sites is 1. The fourth-order valence-corrected chi connectivity index (χ4v) is 5.12. The maximum Gasteiger partial charge on any atom is 0.263 e. The number of aromatic nitrogens is 1. The zero-order chi connectivity index (χ0) is 15.8. The van der Waals surface area contributed by atoms with Crippen LogP contribution in [0.25, 0.3) is 10.2 Å². The van der Waals surface area contributed by atoms with Crippen LogP contribution in [-0.2, 0) is 0 Å². The van der Waals surface area contributed by atoms with Crippen LogP contribution in [0.1, 0.15) is 33.4 Å². The monoisotopic (exact) mass is 362 g/mol. The third kappa shape index (κ3) is 3.01. The minimum atomic E-state index is 0.0905. The number of carbonyl (C=O) groups is 1. The molecule has 0 saturated carbocycles. The summed E-state index contributed by atoms with van der Waals surface area (Å²) in [6.07, 6.45) is 2.11. The second-order valence-corrected chi connectivity index (χ2v) is 8.49. The van der Waals surface area contributed by atoms with Crippen molar-refractivity contribution in [2.75, 3.05) is 13.1 Å². The molecule has 0 N–H and O–H groups in total. The van der Waals surface area contributed by atoms with Crippen LogP contribution in [0.5, 0.6) is 0 Å². The van der Waals surface area contributed by atoms with E-state index in [0.717, 1.165) is 41.3 Å². The molecule has 3 aromatic rings. The van der Waals surface area contributed by atoms with Crippen molar-refractivity contribution in [1.29, 1.82) is 0 Å². The van der Waals surface area contributed by atoms with Crippen molar-refractivity contribution in [1.82, 2.24) is 9.88 Å². The first kappa shape index (κ1) is 15.1. The Morgan fingerprint density at radius 1 is 1.22 bits per heavy atom. The van der Waals surface area contributed by atoms with Crippen LogP contribution in [-0.4, -0.2) is 28.9 Å². The van der Waals surface area contributed by atoms with Gasteiger partial charge in [0.05, 0.1) is 24.4 Å². The summed E-state index contributed by atoms with van der Waals surface area (Å²) in [6, 6.07) is 11.8. The number of rotatable bonds is 2. The predicted octanol–water partition coefficient (Wildman–Crippen LogP) is 5.03. The van der Waals surface area contributed by atoms with Crippen molar-refractivity contribution in [3.05, 3.63) is 50.6 Å². The number of carbonyl (C=O) groups excluding carboxylic acids is 1. The molecule has 6 heteroatoms. The lowest BCUT2D eigenvalue weighted by atomic mass is 9.98. The van der Waals surface area contributed by atoms with Crippen molar-refractivity contribution >= 4 is 50.4 Å². The van der Waals surface area contributed by atoms with E-state index in [2.05, 4.69) is 12.1 Å². The zero-order valence-electron chi connectivity index (χ0n) is 12.4. The summed E-state index contributed by atoms with van der Waals surface area (Å²) in [7, 11) is 0. The predicted molar refractivity (Wildman–Crippen MR) is 96.8 cm³/mol. The van der Waals surface area contributed by atoms with Crippen LogP contribution in [0.2, 0.25) is 4.34 Å². The third-order valence-electron chi connectivity index (χ3n) is 4.15. The van der Waals surface area contributed by atoms with Gasteiger partial charge < -0.3 is 4.90 Å². The van der Waals surface area contributed by atoms with E-state index < -0.39 is 0 Å². The van der Waals surface area contributed by atoms with Gasteiger partial charge in [-0.15, -0.1) is 22.7 Å². The Labute approximate surface area is 147 Å². The Morgan fingerprint density at radius 3 is 2.87 bits per heavy atom. The van der Waals surface area contributed by atoms with Crippen molar-refractivity contribution in [3.8, 4) is 0 Å². The quantitative estimate of drug-likeness (QED) is 0.640. The van der Waals surface area contributed by atoms with Gasteiger partial charge >= 0.3 is 0 Å². The highest BCUT2D eigenvalue weighted by molar-refractivity contribution is 7.18. The minimum absolute atomic E-state index is 0.0905. The average Bonchev–Trinajstić information content (AvgIpc) is 3.20. The second-order valence-electron chi connectivity index (χ2n) is 5.71. The van der Waals surface area contributed by atoms with Crippen LogP contribution in [0.4, 0.5) is 0 Å². The number of thiophene rings is 1. The molecule has 0 unspecified atom stereocenters. The van der Waals surface area contributed by atoms with Crippen LogP contribution < -0.4 is 0 Å².